The first-order chi connectivity index (χ1) is 13.8. The van der Waals surface area contributed by atoms with Crippen LogP contribution in [0.2, 0.25) is 0 Å². The number of carbonyl (C=O) groups is 1. The van der Waals surface area contributed by atoms with Crippen molar-refractivity contribution in [3.05, 3.63) is 95.6 Å². The minimum absolute atomic E-state index is 0.0619. The Hall–Kier alpha value is -3.12. The van der Waals surface area contributed by atoms with Gasteiger partial charge in [0.15, 0.2) is 0 Å². The van der Waals surface area contributed by atoms with Gasteiger partial charge < -0.3 is 10.0 Å². The molecule has 0 spiro atoms. The second-order valence-corrected chi connectivity index (χ2v) is 6.73. The Labute approximate surface area is 167 Å². The lowest BCUT2D eigenvalue weighted by Gasteiger charge is -2.21. The number of alkyl halides is 3. The van der Waals surface area contributed by atoms with Crippen LogP contribution in [0.25, 0.3) is 11.1 Å². The van der Waals surface area contributed by atoms with Crippen molar-refractivity contribution in [2.75, 3.05) is 13.6 Å². The number of carbonyl (C=O) groups excluding carboxylic acids is 1. The van der Waals surface area contributed by atoms with Crippen LogP contribution in [0.1, 0.15) is 27.6 Å². The van der Waals surface area contributed by atoms with E-state index in [0.717, 1.165) is 6.07 Å². The fraction of sp³-hybridized carbons (Fsp3) is 0.174. The first-order valence-electron chi connectivity index (χ1n) is 9.02. The lowest BCUT2D eigenvalue weighted by Crippen LogP contribution is -2.31. The van der Waals surface area contributed by atoms with Crippen LogP contribution in [0.4, 0.5) is 13.2 Å². The summed E-state index contributed by atoms with van der Waals surface area (Å²) in [6, 6.07) is 20.3. The van der Waals surface area contributed by atoms with Gasteiger partial charge in [-0.25, -0.2) is 0 Å². The minimum Gasteiger partial charge on any atom is -0.387 e. The highest BCUT2D eigenvalue weighted by Gasteiger charge is 2.33. The third-order valence-corrected chi connectivity index (χ3v) is 4.65. The van der Waals surface area contributed by atoms with Crippen LogP contribution < -0.4 is 0 Å². The molecule has 0 saturated carbocycles. The predicted molar refractivity (Wildman–Crippen MR) is 105 cm³/mol. The number of aliphatic hydroxyl groups excluding tert-OH is 1. The Balaban J connectivity index is 1.76. The van der Waals surface area contributed by atoms with Gasteiger partial charge in [0, 0.05) is 12.6 Å². The van der Waals surface area contributed by atoms with Crippen molar-refractivity contribution in [2.24, 2.45) is 0 Å². The molecule has 3 nitrogen and oxygen atoms in total. The van der Waals surface area contributed by atoms with E-state index in [9.17, 15) is 23.1 Å². The molecule has 150 valence electrons. The topological polar surface area (TPSA) is 40.5 Å². The van der Waals surface area contributed by atoms with Gasteiger partial charge in [0.2, 0.25) is 0 Å². The van der Waals surface area contributed by atoms with Gasteiger partial charge in [-0.3, -0.25) is 4.79 Å². The molecule has 6 heteroatoms. The highest BCUT2D eigenvalue weighted by atomic mass is 19.4. The third kappa shape index (κ3) is 4.84. The van der Waals surface area contributed by atoms with Crippen LogP contribution >= 0.6 is 0 Å². The number of amides is 1. The minimum atomic E-state index is -4.46. The SMILES string of the molecule is CN(C[C@H](O)c1ccccc1)C(=O)c1ccc(-c2ccccc2C(F)(F)F)cc1. The van der Waals surface area contributed by atoms with Crippen molar-refractivity contribution < 1.29 is 23.1 Å². The molecule has 0 radical (unpaired) electrons. The lowest BCUT2D eigenvalue weighted by atomic mass is 9.98. The highest BCUT2D eigenvalue weighted by molar-refractivity contribution is 5.94. The van der Waals surface area contributed by atoms with Crippen molar-refractivity contribution in [3.63, 3.8) is 0 Å². The molecule has 3 aromatic rings. The van der Waals surface area contributed by atoms with Crippen molar-refractivity contribution in [1.82, 2.24) is 4.90 Å². The van der Waals surface area contributed by atoms with E-state index in [4.69, 9.17) is 0 Å². The van der Waals surface area contributed by atoms with Crippen molar-refractivity contribution in [3.8, 4) is 11.1 Å². The maximum absolute atomic E-state index is 13.2. The second-order valence-electron chi connectivity index (χ2n) is 6.73. The molecule has 1 N–H and O–H groups in total. The number of hydrogen-bond donors (Lipinski definition) is 1. The molecular weight excluding hydrogens is 379 g/mol. The monoisotopic (exact) mass is 399 g/mol. The van der Waals surface area contributed by atoms with E-state index in [1.165, 1.54) is 41.3 Å². The van der Waals surface area contributed by atoms with Gasteiger partial charge in [-0.15, -0.1) is 0 Å². The molecule has 0 aliphatic heterocycles. The van der Waals surface area contributed by atoms with Crippen LogP contribution in [-0.4, -0.2) is 29.5 Å². The van der Waals surface area contributed by atoms with E-state index in [0.29, 0.717) is 16.7 Å². The number of nitrogens with zero attached hydrogens (tertiary/aromatic N) is 1. The molecular formula is C23H20F3NO2. The van der Waals surface area contributed by atoms with Crippen LogP contribution in [0.5, 0.6) is 0 Å². The summed E-state index contributed by atoms with van der Waals surface area (Å²) in [4.78, 5) is 14.0. The zero-order valence-corrected chi connectivity index (χ0v) is 15.7. The third-order valence-electron chi connectivity index (χ3n) is 4.65. The van der Waals surface area contributed by atoms with Gasteiger partial charge in [0.05, 0.1) is 18.2 Å². The molecule has 0 bridgehead atoms. The maximum Gasteiger partial charge on any atom is 0.417 e. The summed E-state index contributed by atoms with van der Waals surface area (Å²) < 4.78 is 39.7. The Morgan fingerprint density at radius 1 is 0.931 bits per heavy atom. The molecule has 3 rings (SSSR count). The molecule has 0 heterocycles. The van der Waals surface area contributed by atoms with Crippen LogP contribution in [0.15, 0.2) is 78.9 Å². The molecule has 1 atom stereocenters. The molecule has 29 heavy (non-hydrogen) atoms. The Bertz CT molecular complexity index is 969. The van der Waals surface area contributed by atoms with Crippen molar-refractivity contribution in [1.29, 1.82) is 0 Å². The standard InChI is InChI=1S/C23H20F3NO2/c1-27(15-21(28)17-7-3-2-4-8-17)22(29)18-13-11-16(12-14-18)19-9-5-6-10-20(19)23(24,25)26/h2-14,21,28H,15H2,1H3/t21-/m0/s1. The quantitative estimate of drug-likeness (QED) is 0.642. The molecule has 0 saturated heterocycles. The van der Waals surface area contributed by atoms with Gasteiger partial charge in [-0.05, 0) is 34.9 Å². The molecule has 3 aromatic carbocycles. The predicted octanol–water partition coefficient (Wildman–Crippen LogP) is 5.18. The molecule has 0 unspecified atom stereocenters. The Morgan fingerprint density at radius 3 is 2.14 bits per heavy atom. The Kier molecular flexibility index (Phi) is 6.03. The van der Waals surface area contributed by atoms with E-state index in [1.54, 1.807) is 37.4 Å². The van der Waals surface area contributed by atoms with E-state index in [2.05, 4.69) is 0 Å². The fourth-order valence-corrected chi connectivity index (χ4v) is 3.12. The summed E-state index contributed by atoms with van der Waals surface area (Å²) >= 11 is 0. The normalized spacial score (nSPS) is 12.4. The summed E-state index contributed by atoms with van der Waals surface area (Å²) in [5.41, 5.74) is 0.753. The van der Waals surface area contributed by atoms with Crippen LogP contribution in [0, 0.1) is 0 Å². The number of hydrogen-bond acceptors (Lipinski definition) is 2. The van der Waals surface area contributed by atoms with E-state index in [-0.39, 0.29) is 18.0 Å². The summed E-state index contributed by atoms with van der Waals surface area (Å²) in [5, 5.41) is 10.3. The van der Waals surface area contributed by atoms with E-state index in [1.807, 2.05) is 6.07 Å². The van der Waals surface area contributed by atoms with Gasteiger partial charge in [0.25, 0.3) is 5.91 Å². The number of halogens is 3. The van der Waals surface area contributed by atoms with E-state index < -0.39 is 17.8 Å². The highest BCUT2D eigenvalue weighted by Crippen LogP contribution is 2.36. The van der Waals surface area contributed by atoms with Gasteiger partial charge in [-0.1, -0.05) is 60.7 Å². The van der Waals surface area contributed by atoms with Gasteiger partial charge in [0.1, 0.15) is 0 Å². The number of benzene rings is 3. The molecule has 0 aromatic heterocycles. The summed E-state index contributed by atoms with van der Waals surface area (Å²) in [5.74, 6) is -0.323. The first-order valence-corrected chi connectivity index (χ1v) is 9.02. The average molecular weight is 399 g/mol. The lowest BCUT2D eigenvalue weighted by molar-refractivity contribution is -0.137. The van der Waals surface area contributed by atoms with Crippen LogP contribution in [0.3, 0.4) is 0 Å². The smallest absolute Gasteiger partial charge is 0.387 e. The maximum atomic E-state index is 13.2. The zero-order chi connectivity index (χ0) is 21.0. The van der Waals surface area contributed by atoms with Gasteiger partial charge >= 0.3 is 6.18 Å². The van der Waals surface area contributed by atoms with Crippen molar-refractivity contribution >= 4 is 5.91 Å². The largest absolute Gasteiger partial charge is 0.417 e. The second kappa shape index (κ2) is 8.49. The molecule has 0 aliphatic rings. The van der Waals surface area contributed by atoms with Crippen LogP contribution in [-0.2, 0) is 6.18 Å². The van der Waals surface area contributed by atoms with E-state index >= 15 is 0 Å². The number of rotatable bonds is 5. The Morgan fingerprint density at radius 2 is 1.52 bits per heavy atom. The zero-order valence-electron chi connectivity index (χ0n) is 15.7. The molecule has 0 fully saturated rings. The number of likely N-dealkylation sites (N-methyl/N-ethyl adjacent to an activating group) is 1. The van der Waals surface area contributed by atoms with Crippen molar-refractivity contribution in [2.45, 2.75) is 12.3 Å². The summed E-state index contributed by atoms with van der Waals surface area (Å²) in [7, 11) is 1.57. The molecule has 1 amide bonds. The number of aliphatic hydroxyl groups is 1. The molecule has 0 aliphatic carbocycles. The first kappa shape index (κ1) is 20.6. The summed E-state index contributed by atoms with van der Waals surface area (Å²) in [6.07, 6.45) is -5.29. The van der Waals surface area contributed by atoms with Gasteiger partial charge in [-0.2, -0.15) is 13.2 Å². The fourth-order valence-electron chi connectivity index (χ4n) is 3.12. The summed E-state index contributed by atoms with van der Waals surface area (Å²) in [6.45, 7) is 0.0987. The average Bonchev–Trinajstić information content (AvgIpc) is 2.73.